The van der Waals surface area contributed by atoms with Crippen LogP contribution in [0.1, 0.15) is 43.1 Å². The maximum atomic E-state index is 12.4. The molecule has 5 heteroatoms. The molecule has 1 unspecified atom stereocenters. The maximum Gasteiger partial charge on any atom is 0.180 e. The lowest BCUT2D eigenvalue weighted by molar-refractivity contribution is 0.0937. The van der Waals surface area contributed by atoms with Crippen LogP contribution in [0.3, 0.4) is 0 Å². The Hall–Kier alpha value is -0.610. The molecule has 0 spiro atoms. The van der Waals surface area contributed by atoms with Gasteiger partial charge in [0.05, 0.1) is 6.04 Å². The van der Waals surface area contributed by atoms with Crippen molar-refractivity contribution in [3.8, 4) is 0 Å². The second-order valence-corrected chi connectivity index (χ2v) is 6.30. The van der Waals surface area contributed by atoms with Crippen LogP contribution in [0, 0.1) is 0 Å². The summed E-state index contributed by atoms with van der Waals surface area (Å²) in [5.74, 6) is 0.270. The van der Waals surface area contributed by atoms with Gasteiger partial charge in [0.1, 0.15) is 0 Å². The van der Waals surface area contributed by atoms with Crippen molar-refractivity contribution in [1.82, 2.24) is 5.32 Å². The largest absolute Gasteiger partial charge is 0.396 e. The van der Waals surface area contributed by atoms with E-state index in [4.69, 9.17) is 16.7 Å². The molecule has 2 N–H and O–H groups in total. The van der Waals surface area contributed by atoms with Crippen LogP contribution < -0.4 is 5.32 Å². The van der Waals surface area contributed by atoms with Gasteiger partial charge in [0.2, 0.25) is 0 Å². The van der Waals surface area contributed by atoms with Crippen molar-refractivity contribution in [2.24, 2.45) is 0 Å². The minimum absolute atomic E-state index is 0. The van der Waals surface area contributed by atoms with Gasteiger partial charge in [-0.15, -0.1) is 24.0 Å². The van der Waals surface area contributed by atoms with E-state index < -0.39 is 0 Å². The molecule has 0 aliphatic rings. The Labute approximate surface area is 138 Å². The summed E-state index contributed by atoms with van der Waals surface area (Å²) in [5.41, 5.74) is 1.64. The maximum absolute atomic E-state index is 12.4. The molecular weight excluding hydrogens is 309 g/mol. The number of ketones is 1. The molecule has 1 aromatic rings. The van der Waals surface area contributed by atoms with Crippen LogP contribution in [0.15, 0.2) is 24.3 Å². The highest BCUT2D eigenvalue weighted by molar-refractivity contribution is 6.21. The van der Waals surface area contributed by atoms with Crippen molar-refractivity contribution >= 4 is 29.8 Å². The number of halogens is 2. The Morgan fingerprint density at radius 2 is 1.86 bits per heavy atom. The number of aliphatic hydroxyl groups excluding tert-OH is 1. The first-order valence-electron chi connectivity index (χ1n) is 6.95. The van der Waals surface area contributed by atoms with E-state index in [-0.39, 0.29) is 42.3 Å². The first-order valence-corrected chi connectivity index (χ1v) is 7.48. The van der Waals surface area contributed by atoms with Crippen molar-refractivity contribution in [1.29, 1.82) is 0 Å². The average Bonchev–Trinajstić information content (AvgIpc) is 2.41. The zero-order valence-electron chi connectivity index (χ0n) is 12.9. The molecule has 1 rings (SSSR count). The van der Waals surface area contributed by atoms with E-state index in [9.17, 15) is 4.79 Å². The van der Waals surface area contributed by atoms with Crippen molar-refractivity contribution in [3.63, 3.8) is 0 Å². The van der Waals surface area contributed by atoms with Crippen LogP contribution in [0.2, 0.25) is 0 Å². The molecule has 0 aliphatic heterocycles. The molecule has 0 heterocycles. The summed E-state index contributed by atoms with van der Waals surface area (Å²) in [4.78, 5) is 12.4. The summed E-state index contributed by atoms with van der Waals surface area (Å²) in [6, 6.07) is 7.16. The van der Waals surface area contributed by atoms with Crippen molar-refractivity contribution in [2.45, 2.75) is 45.2 Å². The van der Waals surface area contributed by atoms with Gasteiger partial charge >= 0.3 is 0 Å². The normalized spacial score (nSPS) is 12.6. The summed E-state index contributed by atoms with van der Waals surface area (Å²) >= 11 is 5.91. The number of alkyl halides is 1. The van der Waals surface area contributed by atoms with Gasteiger partial charge in [-0.05, 0) is 39.2 Å². The van der Waals surface area contributed by atoms with E-state index in [1.165, 1.54) is 0 Å². The minimum atomic E-state index is -0.375. The molecule has 0 radical (unpaired) electrons. The van der Waals surface area contributed by atoms with Crippen LogP contribution in [-0.2, 0) is 6.42 Å². The molecule has 120 valence electrons. The smallest absolute Gasteiger partial charge is 0.180 e. The number of aliphatic hydroxyl groups is 1. The summed E-state index contributed by atoms with van der Waals surface area (Å²) in [6.07, 6.45) is 1.56. The number of aryl methyl sites for hydroxylation is 1. The second-order valence-electron chi connectivity index (χ2n) is 5.99. The Morgan fingerprint density at radius 1 is 1.29 bits per heavy atom. The number of rotatable bonds is 7. The molecule has 0 bridgehead atoms. The molecule has 0 saturated heterocycles. The Balaban J connectivity index is 0.00000400. The van der Waals surface area contributed by atoms with Crippen LogP contribution in [-0.4, -0.2) is 35.0 Å². The van der Waals surface area contributed by atoms with Gasteiger partial charge in [-0.3, -0.25) is 4.79 Å². The van der Waals surface area contributed by atoms with Crippen molar-refractivity contribution < 1.29 is 9.90 Å². The zero-order valence-corrected chi connectivity index (χ0v) is 14.4. The van der Waals surface area contributed by atoms with Gasteiger partial charge in [-0.1, -0.05) is 24.3 Å². The lowest BCUT2D eigenvalue weighted by atomic mass is 9.99. The molecule has 21 heavy (non-hydrogen) atoms. The SMILES string of the molecule is CC(C)(C)NC(CCl)C(=O)c1ccc(CCCO)cc1.Cl. The second kappa shape index (κ2) is 9.42. The first kappa shape index (κ1) is 20.4. The average molecular weight is 334 g/mol. The van der Waals surface area contributed by atoms with Gasteiger partial charge in [0, 0.05) is 23.6 Å². The van der Waals surface area contributed by atoms with Gasteiger partial charge in [0.25, 0.3) is 0 Å². The fourth-order valence-corrected chi connectivity index (χ4v) is 2.23. The molecule has 1 atom stereocenters. The van der Waals surface area contributed by atoms with Crippen LogP contribution in [0.5, 0.6) is 0 Å². The highest BCUT2D eigenvalue weighted by Gasteiger charge is 2.23. The lowest BCUT2D eigenvalue weighted by Crippen LogP contribution is -2.48. The van der Waals surface area contributed by atoms with Crippen molar-refractivity contribution in [2.75, 3.05) is 12.5 Å². The molecule has 0 aromatic heterocycles. The van der Waals surface area contributed by atoms with Gasteiger partial charge in [-0.25, -0.2) is 0 Å². The summed E-state index contributed by atoms with van der Waals surface area (Å²) in [5, 5.41) is 12.0. The third-order valence-electron chi connectivity index (χ3n) is 2.94. The topological polar surface area (TPSA) is 49.3 Å². The standard InChI is InChI=1S/C16H24ClNO2.ClH/c1-16(2,3)18-14(11-17)15(20)13-8-6-12(7-9-13)5-4-10-19;/h6-9,14,18-19H,4-5,10-11H2,1-3H3;1H. The predicted molar refractivity (Wildman–Crippen MR) is 90.8 cm³/mol. The van der Waals surface area contributed by atoms with Gasteiger partial charge < -0.3 is 10.4 Å². The fourth-order valence-electron chi connectivity index (χ4n) is 2.02. The molecule has 0 fully saturated rings. The van der Waals surface area contributed by atoms with E-state index in [1.807, 2.05) is 45.0 Å². The zero-order chi connectivity index (χ0) is 15.2. The van der Waals surface area contributed by atoms with E-state index in [2.05, 4.69) is 5.32 Å². The van der Waals surface area contributed by atoms with Gasteiger partial charge in [-0.2, -0.15) is 0 Å². The number of hydrogen-bond acceptors (Lipinski definition) is 3. The number of hydrogen-bond donors (Lipinski definition) is 2. The molecule has 0 saturated carbocycles. The molecule has 0 aliphatic carbocycles. The highest BCUT2D eigenvalue weighted by Crippen LogP contribution is 2.12. The monoisotopic (exact) mass is 333 g/mol. The molecule has 0 amide bonds. The van der Waals surface area contributed by atoms with Crippen LogP contribution >= 0.6 is 24.0 Å². The number of Topliss-reactive ketones (excluding diaryl/α,β-unsaturated/α-hetero) is 1. The lowest BCUT2D eigenvalue weighted by Gasteiger charge is -2.26. The minimum Gasteiger partial charge on any atom is -0.396 e. The Morgan fingerprint density at radius 3 is 2.29 bits per heavy atom. The van der Waals surface area contributed by atoms with E-state index >= 15 is 0 Å². The number of carbonyl (C=O) groups excluding carboxylic acids is 1. The Kier molecular flexibility index (Phi) is 9.14. The predicted octanol–water partition coefficient (Wildman–Crippen LogP) is 3.21. The summed E-state index contributed by atoms with van der Waals surface area (Å²) in [6.45, 7) is 6.22. The first-order chi connectivity index (χ1) is 9.37. The number of benzene rings is 1. The third kappa shape index (κ3) is 7.28. The quantitative estimate of drug-likeness (QED) is 0.595. The van der Waals surface area contributed by atoms with Crippen LogP contribution in [0.25, 0.3) is 0 Å². The van der Waals surface area contributed by atoms with Gasteiger partial charge in [0.15, 0.2) is 5.78 Å². The third-order valence-corrected chi connectivity index (χ3v) is 3.25. The van der Waals surface area contributed by atoms with E-state index in [1.54, 1.807) is 0 Å². The van der Waals surface area contributed by atoms with E-state index in [0.717, 1.165) is 18.4 Å². The van der Waals surface area contributed by atoms with Crippen LogP contribution in [0.4, 0.5) is 0 Å². The fraction of sp³-hybridized carbons (Fsp3) is 0.562. The Bertz CT molecular complexity index is 427. The molecular formula is C16H25Cl2NO2. The highest BCUT2D eigenvalue weighted by atomic mass is 35.5. The number of carbonyl (C=O) groups is 1. The van der Waals surface area contributed by atoms with E-state index in [0.29, 0.717) is 5.56 Å². The molecule has 3 nitrogen and oxygen atoms in total. The van der Waals surface area contributed by atoms with Crippen molar-refractivity contribution in [3.05, 3.63) is 35.4 Å². The molecule has 1 aromatic carbocycles. The number of nitrogens with one attached hydrogen (secondary N) is 1. The summed E-state index contributed by atoms with van der Waals surface area (Å²) < 4.78 is 0. The summed E-state index contributed by atoms with van der Waals surface area (Å²) in [7, 11) is 0.